The molecule has 3 rings (SSSR count). The molecule has 1 N–H and O–H groups in total. The molecule has 7 heteroatoms. The van der Waals surface area contributed by atoms with Crippen LogP contribution >= 0.6 is 0 Å². The molecule has 1 atom stereocenters. The zero-order chi connectivity index (χ0) is 18.5. The highest BCUT2D eigenvalue weighted by atomic mass is 19.1. The van der Waals surface area contributed by atoms with Crippen molar-refractivity contribution in [2.75, 3.05) is 32.8 Å². The number of carbonyl (C=O) groups excluding carboxylic acids is 1. The van der Waals surface area contributed by atoms with Crippen LogP contribution in [-0.2, 0) is 27.1 Å². The molecule has 26 heavy (non-hydrogen) atoms. The molecule has 6 nitrogen and oxygen atoms in total. The van der Waals surface area contributed by atoms with Crippen LogP contribution in [0.1, 0.15) is 16.8 Å². The lowest BCUT2D eigenvalue weighted by Gasteiger charge is -2.27. The molecule has 1 aliphatic heterocycles. The van der Waals surface area contributed by atoms with Gasteiger partial charge in [-0.3, -0.25) is 4.79 Å². The van der Waals surface area contributed by atoms with Crippen molar-refractivity contribution in [1.82, 2.24) is 4.98 Å². The second-order valence-electron chi connectivity index (χ2n) is 6.11. The number of anilines is 1. The number of ether oxygens (including phenoxy) is 3. The Labute approximate surface area is 151 Å². The summed E-state index contributed by atoms with van der Waals surface area (Å²) < 4.78 is 28.8. The highest BCUT2D eigenvalue weighted by Crippen LogP contribution is 2.30. The molecule has 1 aromatic carbocycles. The minimum absolute atomic E-state index is 0.0272. The van der Waals surface area contributed by atoms with Crippen LogP contribution in [0.2, 0.25) is 0 Å². The van der Waals surface area contributed by atoms with Crippen molar-refractivity contribution in [3.05, 3.63) is 53.0 Å². The zero-order valence-electron chi connectivity index (χ0n) is 14.8. The number of nitrogens with zero attached hydrogens (tertiary/aromatic N) is 1. The van der Waals surface area contributed by atoms with Gasteiger partial charge >= 0.3 is 5.97 Å². The maximum Gasteiger partial charge on any atom is 0.311 e. The highest BCUT2D eigenvalue weighted by Gasteiger charge is 2.23. The average molecular weight is 360 g/mol. The van der Waals surface area contributed by atoms with Crippen LogP contribution in [0.15, 0.2) is 30.3 Å². The van der Waals surface area contributed by atoms with Gasteiger partial charge in [0.1, 0.15) is 12.4 Å². The van der Waals surface area contributed by atoms with Gasteiger partial charge in [0.2, 0.25) is 5.88 Å². The van der Waals surface area contributed by atoms with Crippen molar-refractivity contribution in [2.24, 2.45) is 0 Å². The Morgan fingerprint density at radius 3 is 2.81 bits per heavy atom. The number of halogens is 1. The van der Waals surface area contributed by atoms with E-state index in [0.717, 1.165) is 16.8 Å². The van der Waals surface area contributed by atoms with Crippen LogP contribution in [0.3, 0.4) is 0 Å². The van der Waals surface area contributed by atoms with Gasteiger partial charge in [-0.15, -0.1) is 0 Å². The summed E-state index contributed by atoms with van der Waals surface area (Å²) in [5.74, 6) is -0.206. The molecular weight excluding hydrogens is 339 g/mol. The highest BCUT2D eigenvalue weighted by molar-refractivity contribution is 5.73. The summed E-state index contributed by atoms with van der Waals surface area (Å²) in [5.41, 5.74) is 3.12. The van der Waals surface area contributed by atoms with E-state index in [1.807, 2.05) is 6.07 Å². The van der Waals surface area contributed by atoms with Crippen molar-refractivity contribution < 1.29 is 23.4 Å². The van der Waals surface area contributed by atoms with Gasteiger partial charge in [-0.05, 0) is 35.7 Å². The number of aromatic nitrogens is 1. The van der Waals surface area contributed by atoms with Gasteiger partial charge in [0.05, 0.1) is 37.6 Å². The molecule has 2 aromatic rings. The molecule has 1 aliphatic rings. The van der Waals surface area contributed by atoms with Gasteiger partial charge in [-0.2, -0.15) is 0 Å². The van der Waals surface area contributed by atoms with E-state index in [1.165, 1.54) is 19.2 Å². The molecule has 0 bridgehead atoms. The lowest BCUT2D eigenvalue weighted by atomic mass is 10.0. The molecule has 0 saturated carbocycles. The van der Waals surface area contributed by atoms with E-state index in [-0.39, 0.29) is 24.2 Å². The number of carbonyl (C=O) groups is 1. The van der Waals surface area contributed by atoms with Crippen LogP contribution in [0.25, 0.3) is 0 Å². The van der Waals surface area contributed by atoms with E-state index < -0.39 is 0 Å². The Hall–Kier alpha value is -2.67. The van der Waals surface area contributed by atoms with Gasteiger partial charge in [0.15, 0.2) is 0 Å². The van der Waals surface area contributed by atoms with Gasteiger partial charge in [-0.1, -0.05) is 12.1 Å². The predicted molar refractivity (Wildman–Crippen MR) is 93.9 cm³/mol. The van der Waals surface area contributed by atoms with Gasteiger partial charge < -0.3 is 19.5 Å². The number of methoxy groups -OCH3 is 2. The van der Waals surface area contributed by atoms with E-state index in [9.17, 15) is 9.18 Å². The Morgan fingerprint density at radius 1 is 1.35 bits per heavy atom. The van der Waals surface area contributed by atoms with Crippen molar-refractivity contribution in [3.8, 4) is 5.88 Å². The van der Waals surface area contributed by atoms with Crippen LogP contribution in [0.4, 0.5) is 10.1 Å². The van der Waals surface area contributed by atoms with E-state index in [0.29, 0.717) is 31.2 Å². The maximum atomic E-state index is 13.2. The van der Waals surface area contributed by atoms with E-state index in [4.69, 9.17) is 14.2 Å². The number of hydrogen-bond acceptors (Lipinski definition) is 6. The molecule has 2 heterocycles. The zero-order valence-corrected chi connectivity index (χ0v) is 14.8. The molecule has 0 amide bonds. The summed E-state index contributed by atoms with van der Waals surface area (Å²) >= 11 is 0. The Bertz CT molecular complexity index is 780. The van der Waals surface area contributed by atoms with Crippen molar-refractivity contribution >= 4 is 11.7 Å². The van der Waals surface area contributed by atoms with Crippen molar-refractivity contribution in [2.45, 2.75) is 18.9 Å². The number of rotatable bonds is 6. The Balaban J connectivity index is 1.92. The molecule has 0 fully saturated rings. The maximum absolute atomic E-state index is 13.2. The van der Waals surface area contributed by atoms with Crippen LogP contribution in [-0.4, -0.2) is 44.4 Å². The van der Waals surface area contributed by atoms with Gasteiger partial charge in [-0.25, -0.2) is 9.37 Å². The second kappa shape index (κ2) is 8.14. The molecule has 138 valence electrons. The standard InChI is InChI=1S/C19H21FN2O4/c1-24-10-15-11-26-19-17(21-15)8-13(16(22-19)9-18(23)25-2)7-12-3-5-14(20)6-4-12/h3-6,8,15,21H,7,9-11H2,1-2H3/t15-/m0/s1. The quantitative estimate of drug-likeness (QED) is 0.798. The first kappa shape index (κ1) is 18.1. The predicted octanol–water partition coefficient (Wildman–Crippen LogP) is 2.35. The number of esters is 1. The van der Waals surface area contributed by atoms with Crippen LogP contribution < -0.4 is 10.1 Å². The fourth-order valence-corrected chi connectivity index (χ4v) is 2.86. The summed E-state index contributed by atoms with van der Waals surface area (Å²) in [5, 5.41) is 3.34. The fraction of sp³-hybridized carbons (Fsp3) is 0.368. The van der Waals surface area contributed by atoms with Crippen LogP contribution in [0.5, 0.6) is 5.88 Å². The summed E-state index contributed by atoms with van der Waals surface area (Å²) in [6, 6.07) is 8.21. The minimum atomic E-state index is -0.376. The fourth-order valence-electron chi connectivity index (χ4n) is 2.86. The number of hydrogen-bond donors (Lipinski definition) is 1. The summed E-state index contributed by atoms with van der Waals surface area (Å²) in [6.45, 7) is 0.944. The van der Waals surface area contributed by atoms with Crippen molar-refractivity contribution in [1.29, 1.82) is 0 Å². The molecule has 0 spiro atoms. The molecule has 0 saturated heterocycles. The van der Waals surface area contributed by atoms with Crippen LogP contribution in [0, 0.1) is 5.82 Å². The molecule has 1 aromatic heterocycles. The lowest BCUT2D eigenvalue weighted by Crippen LogP contribution is -2.35. The molecular formula is C19H21FN2O4. The first-order valence-corrected chi connectivity index (χ1v) is 8.31. The minimum Gasteiger partial charge on any atom is -0.474 e. The topological polar surface area (TPSA) is 69.7 Å². The summed E-state index contributed by atoms with van der Waals surface area (Å²) in [7, 11) is 2.97. The largest absolute Gasteiger partial charge is 0.474 e. The Kier molecular flexibility index (Phi) is 5.68. The van der Waals surface area contributed by atoms with E-state index >= 15 is 0 Å². The molecule has 0 aliphatic carbocycles. The van der Waals surface area contributed by atoms with Gasteiger partial charge in [0.25, 0.3) is 0 Å². The average Bonchev–Trinajstić information content (AvgIpc) is 2.64. The van der Waals surface area contributed by atoms with E-state index in [2.05, 4.69) is 10.3 Å². The smallest absolute Gasteiger partial charge is 0.311 e. The third-order valence-corrected chi connectivity index (χ3v) is 4.15. The molecule has 0 unspecified atom stereocenters. The number of nitrogens with one attached hydrogen (secondary N) is 1. The lowest BCUT2D eigenvalue weighted by molar-refractivity contribution is -0.139. The number of fused-ring (bicyclic) bond motifs is 1. The number of benzene rings is 1. The normalized spacial score (nSPS) is 15.6. The summed E-state index contributed by atoms with van der Waals surface area (Å²) in [4.78, 5) is 16.3. The first-order chi connectivity index (χ1) is 12.6. The molecule has 0 radical (unpaired) electrons. The van der Waals surface area contributed by atoms with Gasteiger partial charge in [0, 0.05) is 7.11 Å². The Morgan fingerprint density at radius 2 is 2.12 bits per heavy atom. The summed E-state index contributed by atoms with van der Waals surface area (Å²) in [6.07, 6.45) is 0.564. The van der Waals surface area contributed by atoms with E-state index in [1.54, 1.807) is 19.2 Å². The second-order valence-corrected chi connectivity index (χ2v) is 6.11. The first-order valence-electron chi connectivity index (χ1n) is 8.31. The number of pyridine rings is 1. The third-order valence-electron chi connectivity index (χ3n) is 4.15. The third kappa shape index (κ3) is 4.29. The van der Waals surface area contributed by atoms with Crippen molar-refractivity contribution in [3.63, 3.8) is 0 Å². The monoisotopic (exact) mass is 360 g/mol. The SMILES string of the molecule is COC[C@H]1COc2nc(CC(=O)OC)c(Cc3ccc(F)cc3)cc2N1.